The van der Waals surface area contributed by atoms with Crippen LogP contribution in [0.5, 0.6) is 0 Å². The molecule has 0 saturated carbocycles. The van der Waals surface area contributed by atoms with Crippen LogP contribution >= 0.6 is 0 Å². The van der Waals surface area contributed by atoms with Gasteiger partial charge in [0.15, 0.2) is 6.10 Å². The van der Waals surface area contributed by atoms with Crippen LogP contribution in [-0.4, -0.2) is 18.4 Å². The minimum atomic E-state index is -0.526. The third-order valence-corrected chi connectivity index (χ3v) is 1.79. The maximum absolute atomic E-state index is 10.5. The van der Waals surface area contributed by atoms with Gasteiger partial charge < -0.3 is 9.47 Å². The van der Waals surface area contributed by atoms with Crippen molar-refractivity contribution in [2.45, 2.75) is 25.0 Å². The molecule has 3 heteroatoms. The highest BCUT2D eigenvalue weighted by Gasteiger charge is 2.35. The predicted octanol–water partition coefficient (Wildman–Crippen LogP) is 1.24. The lowest BCUT2D eigenvalue weighted by molar-refractivity contribution is 0.116. The molecule has 2 aliphatic rings. The Hall–Kier alpha value is -0.990. The van der Waals surface area contributed by atoms with Crippen molar-refractivity contribution < 1.29 is 14.3 Å². The van der Waals surface area contributed by atoms with Gasteiger partial charge in [0, 0.05) is 0 Å². The summed E-state index contributed by atoms with van der Waals surface area (Å²) in [5, 5.41) is 0. The summed E-state index contributed by atoms with van der Waals surface area (Å²) in [6.07, 6.45) is 5.13. The van der Waals surface area contributed by atoms with Crippen molar-refractivity contribution in [3.63, 3.8) is 0 Å². The van der Waals surface area contributed by atoms with Gasteiger partial charge in [-0.05, 0) is 18.9 Å². The van der Waals surface area contributed by atoms with E-state index in [-0.39, 0.29) is 12.2 Å². The van der Waals surface area contributed by atoms with Gasteiger partial charge in [0.1, 0.15) is 6.10 Å². The molecule has 0 aromatic heterocycles. The lowest BCUT2D eigenvalue weighted by Crippen LogP contribution is -2.22. The number of carbonyl (C=O) groups is 1. The molecule has 1 saturated heterocycles. The van der Waals surface area contributed by atoms with E-state index in [0.717, 1.165) is 12.8 Å². The quantitative estimate of drug-likeness (QED) is 0.375. The van der Waals surface area contributed by atoms with Gasteiger partial charge >= 0.3 is 6.16 Å². The Morgan fingerprint density at radius 3 is 3.20 bits per heavy atom. The summed E-state index contributed by atoms with van der Waals surface area (Å²) in [4.78, 5) is 10.5. The van der Waals surface area contributed by atoms with Gasteiger partial charge in [-0.3, -0.25) is 0 Å². The SMILES string of the molecule is O=C1O[C@H]2CCC=C[C@H]2O1. The van der Waals surface area contributed by atoms with Crippen molar-refractivity contribution in [3.05, 3.63) is 12.2 Å². The molecule has 54 valence electrons. The number of fused-ring (bicyclic) bond motifs is 1. The standard InChI is InChI=1S/C7H8O3/c8-7-9-5-3-1-2-4-6(5)10-7/h1,3,5-6H,2,4H2/t5-,6+/m1/s1. The zero-order valence-electron chi connectivity index (χ0n) is 5.45. The Bertz CT molecular complexity index is 185. The number of carbonyl (C=O) groups excluding carboxylic acids is 1. The van der Waals surface area contributed by atoms with Crippen LogP contribution in [0.25, 0.3) is 0 Å². The summed E-state index contributed by atoms with van der Waals surface area (Å²) >= 11 is 0. The molecule has 2 rings (SSSR count). The Balaban J connectivity index is 2.15. The van der Waals surface area contributed by atoms with Crippen molar-refractivity contribution >= 4 is 6.16 Å². The second-order valence-corrected chi connectivity index (χ2v) is 2.49. The molecule has 1 fully saturated rings. The largest absolute Gasteiger partial charge is 0.509 e. The minimum Gasteiger partial charge on any atom is -0.427 e. The van der Waals surface area contributed by atoms with E-state index in [1.807, 2.05) is 12.2 Å². The predicted molar refractivity (Wildman–Crippen MR) is 33.5 cm³/mol. The van der Waals surface area contributed by atoms with Gasteiger partial charge in [-0.15, -0.1) is 0 Å². The summed E-state index contributed by atoms with van der Waals surface area (Å²) in [6.45, 7) is 0. The first-order valence-corrected chi connectivity index (χ1v) is 3.40. The lowest BCUT2D eigenvalue weighted by Gasteiger charge is -2.14. The number of allylic oxidation sites excluding steroid dienone is 1. The van der Waals surface area contributed by atoms with Crippen LogP contribution in [-0.2, 0) is 9.47 Å². The second kappa shape index (κ2) is 2.01. The van der Waals surface area contributed by atoms with Crippen molar-refractivity contribution in [3.8, 4) is 0 Å². The van der Waals surface area contributed by atoms with Gasteiger partial charge in [0.2, 0.25) is 0 Å². The zero-order chi connectivity index (χ0) is 6.97. The van der Waals surface area contributed by atoms with E-state index < -0.39 is 6.16 Å². The molecule has 3 nitrogen and oxygen atoms in total. The van der Waals surface area contributed by atoms with Crippen molar-refractivity contribution in [2.75, 3.05) is 0 Å². The molecule has 1 heterocycles. The fourth-order valence-corrected chi connectivity index (χ4v) is 1.28. The average Bonchev–Trinajstić information content (AvgIpc) is 2.27. The zero-order valence-corrected chi connectivity index (χ0v) is 5.45. The third kappa shape index (κ3) is 0.781. The molecule has 0 spiro atoms. The van der Waals surface area contributed by atoms with E-state index in [2.05, 4.69) is 0 Å². The van der Waals surface area contributed by atoms with E-state index in [9.17, 15) is 4.79 Å². The highest BCUT2D eigenvalue weighted by molar-refractivity contribution is 5.63. The monoisotopic (exact) mass is 140 g/mol. The van der Waals surface area contributed by atoms with Crippen LogP contribution in [0.15, 0.2) is 12.2 Å². The van der Waals surface area contributed by atoms with E-state index in [4.69, 9.17) is 9.47 Å². The summed E-state index contributed by atoms with van der Waals surface area (Å²) in [7, 11) is 0. The van der Waals surface area contributed by atoms with E-state index in [0.29, 0.717) is 0 Å². The molecule has 0 bridgehead atoms. The minimum absolute atomic E-state index is 0.0162. The molecule has 2 atom stereocenters. The first-order chi connectivity index (χ1) is 4.86. The maximum atomic E-state index is 10.5. The summed E-state index contributed by atoms with van der Waals surface area (Å²) < 4.78 is 9.67. The molecule has 0 aromatic carbocycles. The fraction of sp³-hybridized carbons (Fsp3) is 0.571. The number of ether oxygens (including phenoxy) is 2. The summed E-state index contributed by atoms with van der Waals surface area (Å²) in [5.41, 5.74) is 0. The van der Waals surface area contributed by atoms with Crippen molar-refractivity contribution in [1.29, 1.82) is 0 Å². The normalized spacial score (nSPS) is 36.6. The highest BCUT2D eigenvalue weighted by atomic mass is 16.8. The van der Waals surface area contributed by atoms with Crippen LogP contribution in [0, 0.1) is 0 Å². The van der Waals surface area contributed by atoms with E-state index >= 15 is 0 Å². The van der Waals surface area contributed by atoms with Crippen molar-refractivity contribution in [1.82, 2.24) is 0 Å². The number of rotatable bonds is 0. The molecule has 0 unspecified atom stereocenters. The first-order valence-electron chi connectivity index (χ1n) is 3.40. The molecule has 0 aromatic rings. The molecule has 10 heavy (non-hydrogen) atoms. The Labute approximate surface area is 58.6 Å². The summed E-state index contributed by atoms with van der Waals surface area (Å²) in [5.74, 6) is 0. The van der Waals surface area contributed by atoms with Gasteiger partial charge in [0.25, 0.3) is 0 Å². The Kier molecular flexibility index (Phi) is 1.16. The second-order valence-electron chi connectivity index (χ2n) is 2.49. The molecule has 0 radical (unpaired) electrons. The lowest BCUT2D eigenvalue weighted by atomic mass is 10.0. The smallest absolute Gasteiger partial charge is 0.427 e. The highest BCUT2D eigenvalue weighted by Crippen LogP contribution is 2.24. The number of hydrogen-bond donors (Lipinski definition) is 0. The molecular formula is C7H8O3. The number of hydrogen-bond acceptors (Lipinski definition) is 3. The molecular weight excluding hydrogens is 132 g/mol. The molecule has 1 aliphatic heterocycles. The summed E-state index contributed by atoms with van der Waals surface area (Å²) in [6, 6.07) is 0. The van der Waals surface area contributed by atoms with Crippen LogP contribution in [0.3, 0.4) is 0 Å². The van der Waals surface area contributed by atoms with Crippen LogP contribution in [0.4, 0.5) is 4.79 Å². The van der Waals surface area contributed by atoms with Gasteiger partial charge in [-0.1, -0.05) is 6.08 Å². The van der Waals surface area contributed by atoms with Crippen LogP contribution in [0.1, 0.15) is 12.8 Å². The molecule has 1 aliphatic carbocycles. The van der Waals surface area contributed by atoms with Gasteiger partial charge in [0.05, 0.1) is 0 Å². The Morgan fingerprint density at radius 1 is 1.50 bits per heavy atom. The van der Waals surface area contributed by atoms with Crippen molar-refractivity contribution in [2.24, 2.45) is 0 Å². The van der Waals surface area contributed by atoms with Gasteiger partial charge in [-0.2, -0.15) is 0 Å². The maximum Gasteiger partial charge on any atom is 0.509 e. The van der Waals surface area contributed by atoms with Crippen LogP contribution in [0.2, 0.25) is 0 Å². The van der Waals surface area contributed by atoms with Crippen LogP contribution < -0.4 is 0 Å². The first kappa shape index (κ1) is 5.77. The fourth-order valence-electron chi connectivity index (χ4n) is 1.28. The molecule has 0 N–H and O–H groups in total. The Morgan fingerprint density at radius 2 is 2.40 bits per heavy atom. The topological polar surface area (TPSA) is 35.5 Å². The van der Waals surface area contributed by atoms with E-state index in [1.165, 1.54) is 0 Å². The average molecular weight is 140 g/mol. The third-order valence-electron chi connectivity index (χ3n) is 1.79. The molecule has 0 amide bonds. The van der Waals surface area contributed by atoms with Gasteiger partial charge in [-0.25, -0.2) is 4.79 Å². The van der Waals surface area contributed by atoms with E-state index in [1.54, 1.807) is 0 Å².